The molecule has 148 valence electrons. The van der Waals surface area contributed by atoms with Gasteiger partial charge >= 0.3 is 0 Å². The number of piperidine rings is 1. The van der Waals surface area contributed by atoms with Crippen molar-refractivity contribution in [3.05, 3.63) is 43.0 Å². The highest BCUT2D eigenvalue weighted by molar-refractivity contribution is 6.14. The van der Waals surface area contributed by atoms with E-state index in [0.717, 1.165) is 63.6 Å². The Balaban J connectivity index is 1.70. The van der Waals surface area contributed by atoms with Crippen LogP contribution in [0.5, 0.6) is 5.75 Å². The molecule has 4 aromatic rings. The van der Waals surface area contributed by atoms with Gasteiger partial charge in [-0.25, -0.2) is 4.98 Å². The average Bonchev–Trinajstić information content (AvgIpc) is 3.17. The zero-order chi connectivity index (χ0) is 19.8. The molecule has 29 heavy (non-hydrogen) atoms. The van der Waals surface area contributed by atoms with Crippen LogP contribution in [-0.4, -0.2) is 40.1 Å². The van der Waals surface area contributed by atoms with E-state index in [9.17, 15) is 0 Å². The Kier molecular flexibility index (Phi) is 4.54. The molecule has 0 unspecified atom stereocenters. The van der Waals surface area contributed by atoms with Crippen LogP contribution in [0.15, 0.2) is 43.0 Å². The summed E-state index contributed by atoms with van der Waals surface area (Å²) in [6.45, 7) is 4.38. The Morgan fingerprint density at radius 3 is 2.76 bits per heavy atom. The molecule has 5 heterocycles. The molecule has 0 atom stereocenters. The molecule has 5 rings (SSSR count). The number of nitrogens with one attached hydrogen (secondary N) is 1. The predicted octanol–water partition coefficient (Wildman–Crippen LogP) is 4.81. The van der Waals surface area contributed by atoms with Crippen molar-refractivity contribution < 1.29 is 4.74 Å². The van der Waals surface area contributed by atoms with Gasteiger partial charge in [-0.1, -0.05) is 13.3 Å². The molecule has 0 radical (unpaired) electrons. The van der Waals surface area contributed by atoms with E-state index in [1.54, 1.807) is 13.3 Å². The van der Waals surface area contributed by atoms with Crippen molar-refractivity contribution in [1.29, 1.82) is 0 Å². The third-order valence-electron chi connectivity index (χ3n) is 6.13. The van der Waals surface area contributed by atoms with E-state index in [1.165, 1.54) is 19.3 Å². The van der Waals surface area contributed by atoms with Crippen LogP contribution in [0.1, 0.15) is 26.2 Å². The Hall–Kier alpha value is -3.15. The molecule has 6 heteroatoms. The molecule has 0 aromatic carbocycles. The minimum Gasteiger partial charge on any atom is -0.493 e. The molecule has 1 aliphatic heterocycles. The summed E-state index contributed by atoms with van der Waals surface area (Å²) in [7, 11) is 1.72. The molecular weight excluding hydrogens is 362 g/mol. The van der Waals surface area contributed by atoms with E-state index in [1.807, 2.05) is 30.7 Å². The van der Waals surface area contributed by atoms with Gasteiger partial charge in [0.05, 0.1) is 41.8 Å². The van der Waals surface area contributed by atoms with Crippen LogP contribution in [-0.2, 0) is 0 Å². The number of hydrogen-bond acceptors (Lipinski definition) is 5. The molecule has 0 saturated carbocycles. The minimum absolute atomic E-state index is 0.818. The number of aromatic nitrogens is 4. The van der Waals surface area contributed by atoms with Crippen LogP contribution in [0.2, 0.25) is 0 Å². The Bertz CT molecular complexity index is 1150. The third-order valence-corrected chi connectivity index (χ3v) is 6.13. The van der Waals surface area contributed by atoms with Crippen LogP contribution >= 0.6 is 0 Å². The number of anilines is 1. The molecular formula is C23H25N5O. The summed E-state index contributed by atoms with van der Waals surface area (Å²) in [4.78, 5) is 19.4. The molecule has 1 N–H and O–H groups in total. The predicted molar refractivity (Wildman–Crippen MR) is 116 cm³/mol. The van der Waals surface area contributed by atoms with Crippen molar-refractivity contribution >= 4 is 27.6 Å². The Labute approximate surface area is 170 Å². The highest BCUT2D eigenvalue weighted by atomic mass is 16.5. The first-order valence-corrected chi connectivity index (χ1v) is 10.3. The van der Waals surface area contributed by atoms with E-state index in [4.69, 9.17) is 4.74 Å². The number of fused-ring (bicyclic) bond motifs is 3. The summed E-state index contributed by atoms with van der Waals surface area (Å²) in [6.07, 6.45) is 11.0. The Morgan fingerprint density at radius 1 is 1.17 bits per heavy atom. The zero-order valence-corrected chi connectivity index (χ0v) is 16.9. The number of ether oxygens (including phenoxy) is 1. The molecule has 0 bridgehead atoms. The van der Waals surface area contributed by atoms with Crippen molar-refractivity contribution in [2.24, 2.45) is 5.92 Å². The number of H-pyrrole nitrogens is 1. The fourth-order valence-corrected chi connectivity index (χ4v) is 4.42. The first-order valence-electron chi connectivity index (χ1n) is 10.3. The molecule has 4 aromatic heterocycles. The summed E-state index contributed by atoms with van der Waals surface area (Å²) in [6, 6.07) is 6.10. The van der Waals surface area contributed by atoms with Gasteiger partial charge in [0.1, 0.15) is 5.65 Å². The van der Waals surface area contributed by atoms with Gasteiger partial charge in [0.2, 0.25) is 0 Å². The van der Waals surface area contributed by atoms with Crippen LogP contribution in [0.4, 0.5) is 5.69 Å². The first-order chi connectivity index (χ1) is 14.3. The minimum atomic E-state index is 0.818. The van der Waals surface area contributed by atoms with Crippen molar-refractivity contribution in [1.82, 2.24) is 19.9 Å². The number of nitrogens with zero attached hydrogens (tertiary/aromatic N) is 4. The second-order valence-corrected chi connectivity index (χ2v) is 7.72. The second kappa shape index (κ2) is 7.35. The number of aromatic amines is 1. The van der Waals surface area contributed by atoms with Gasteiger partial charge in [-0.2, -0.15) is 0 Å². The standard InChI is InChI=1S/C23H25N5O/c1-3-15-6-9-28(10-7-15)22-20(29-2)14-26-23-21(22)17-11-18(25-13-19(17)27-23)16-5-4-8-24-12-16/h4-5,8,11-15H,3,6-7,9-10H2,1-2H3,(H,26,27). The lowest BCUT2D eigenvalue weighted by Gasteiger charge is -2.34. The third kappa shape index (κ3) is 3.09. The molecule has 0 amide bonds. The van der Waals surface area contributed by atoms with Crippen molar-refractivity contribution in [3.63, 3.8) is 0 Å². The van der Waals surface area contributed by atoms with Gasteiger partial charge < -0.3 is 14.6 Å². The van der Waals surface area contributed by atoms with Crippen LogP contribution in [0.3, 0.4) is 0 Å². The zero-order valence-electron chi connectivity index (χ0n) is 16.9. The lowest BCUT2D eigenvalue weighted by molar-refractivity contribution is 0.385. The van der Waals surface area contributed by atoms with Gasteiger partial charge in [-0.05, 0) is 37.0 Å². The summed E-state index contributed by atoms with van der Waals surface area (Å²) in [5, 5.41) is 2.23. The number of pyridine rings is 3. The van der Waals surface area contributed by atoms with Gasteiger partial charge in [-0.3, -0.25) is 9.97 Å². The summed E-state index contributed by atoms with van der Waals surface area (Å²) in [5.41, 5.74) is 4.91. The number of rotatable bonds is 4. The monoisotopic (exact) mass is 387 g/mol. The molecule has 1 aliphatic rings. The van der Waals surface area contributed by atoms with Gasteiger partial charge in [0.25, 0.3) is 0 Å². The smallest absolute Gasteiger partial charge is 0.161 e. The number of methoxy groups -OCH3 is 1. The molecule has 1 saturated heterocycles. The lowest BCUT2D eigenvalue weighted by atomic mass is 9.94. The van der Waals surface area contributed by atoms with E-state index >= 15 is 0 Å². The topological polar surface area (TPSA) is 66.9 Å². The highest BCUT2D eigenvalue weighted by Crippen LogP contribution is 2.41. The van der Waals surface area contributed by atoms with Gasteiger partial charge in [-0.15, -0.1) is 0 Å². The molecule has 6 nitrogen and oxygen atoms in total. The quantitative estimate of drug-likeness (QED) is 0.544. The van der Waals surface area contributed by atoms with Crippen molar-refractivity contribution in [3.8, 4) is 17.0 Å². The van der Waals surface area contributed by atoms with Gasteiger partial charge in [0, 0.05) is 36.4 Å². The normalized spacial score (nSPS) is 15.3. The molecule has 0 spiro atoms. The summed E-state index contributed by atoms with van der Waals surface area (Å²) < 4.78 is 5.75. The lowest BCUT2D eigenvalue weighted by Crippen LogP contribution is -2.33. The first kappa shape index (κ1) is 17.9. The van der Waals surface area contributed by atoms with E-state index in [2.05, 4.69) is 37.8 Å². The maximum Gasteiger partial charge on any atom is 0.161 e. The fourth-order valence-electron chi connectivity index (χ4n) is 4.42. The Morgan fingerprint density at radius 2 is 2.03 bits per heavy atom. The van der Waals surface area contributed by atoms with E-state index < -0.39 is 0 Å². The van der Waals surface area contributed by atoms with Crippen molar-refractivity contribution in [2.75, 3.05) is 25.1 Å². The maximum atomic E-state index is 5.75. The maximum absolute atomic E-state index is 5.75. The SMILES string of the molecule is CCC1CCN(c2c(OC)cnc3[nH]c4cnc(-c5cccnc5)cc4c23)CC1. The average molecular weight is 387 g/mol. The number of hydrogen-bond donors (Lipinski definition) is 1. The fraction of sp³-hybridized carbons (Fsp3) is 0.348. The summed E-state index contributed by atoms with van der Waals surface area (Å²) in [5.74, 6) is 1.65. The van der Waals surface area contributed by atoms with E-state index in [-0.39, 0.29) is 0 Å². The molecule has 0 aliphatic carbocycles. The second-order valence-electron chi connectivity index (χ2n) is 7.72. The van der Waals surface area contributed by atoms with Crippen LogP contribution < -0.4 is 9.64 Å². The summed E-state index contributed by atoms with van der Waals surface area (Å²) >= 11 is 0. The largest absolute Gasteiger partial charge is 0.493 e. The van der Waals surface area contributed by atoms with Gasteiger partial charge in [0.15, 0.2) is 5.75 Å². The molecule has 1 fully saturated rings. The van der Waals surface area contributed by atoms with Crippen LogP contribution in [0.25, 0.3) is 33.2 Å². The van der Waals surface area contributed by atoms with Crippen LogP contribution in [0, 0.1) is 5.92 Å². The highest BCUT2D eigenvalue weighted by Gasteiger charge is 2.25. The van der Waals surface area contributed by atoms with Crippen molar-refractivity contribution in [2.45, 2.75) is 26.2 Å². The van der Waals surface area contributed by atoms with E-state index in [0.29, 0.717) is 0 Å².